The summed E-state index contributed by atoms with van der Waals surface area (Å²) in [5.41, 5.74) is 0.776. The zero-order chi connectivity index (χ0) is 23.8. The molecule has 1 aromatic carbocycles. The van der Waals surface area contributed by atoms with Gasteiger partial charge in [-0.05, 0) is 18.9 Å². The van der Waals surface area contributed by atoms with Gasteiger partial charge in [0.1, 0.15) is 11.9 Å². The van der Waals surface area contributed by atoms with E-state index in [1.54, 1.807) is 17.6 Å². The van der Waals surface area contributed by atoms with Crippen LogP contribution < -0.4 is 5.32 Å². The summed E-state index contributed by atoms with van der Waals surface area (Å²) >= 11 is 7.63. The summed E-state index contributed by atoms with van der Waals surface area (Å²) in [5.74, 6) is -1.17. The largest absolute Gasteiger partial charge is 0.478 e. The van der Waals surface area contributed by atoms with E-state index >= 15 is 0 Å². The topological polar surface area (TPSA) is 98.1 Å². The van der Waals surface area contributed by atoms with Crippen LogP contribution in [0.2, 0.25) is 5.02 Å². The molecule has 0 aliphatic carbocycles. The number of hydrogen-bond acceptors (Lipinski definition) is 7. The van der Waals surface area contributed by atoms with E-state index in [1.807, 2.05) is 4.90 Å². The fourth-order valence-corrected chi connectivity index (χ4v) is 5.69. The molecule has 0 spiro atoms. The van der Waals surface area contributed by atoms with Crippen molar-refractivity contribution in [1.29, 1.82) is 0 Å². The van der Waals surface area contributed by atoms with Gasteiger partial charge in [-0.15, -0.1) is 11.3 Å². The Morgan fingerprint density at radius 3 is 2.97 bits per heavy atom. The lowest BCUT2D eigenvalue weighted by Crippen LogP contribution is -2.57. The number of nitrogens with one attached hydrogen (secondary N) is 1. The molecule has 5 rings (SSSR count). The van der Waals surface area contributed by atoms with E-state index in [4.69, 9.17) is 11.6 Å². The van der Waals surface area contributed by atoms with Gasteiger partial charge in [0.05, 0.1) is 10.6 Å². The number of nitrogens with zero attached hydrogens (tertiary/aromatic N) is 4. The molecular weight excluding hydrogens is 481 g/mol. The number of carboxylic acid groups (broad SMARTS) is 1. The number of amides is 1. The van der Waals surface area contributed by atoms with Gasteiger partial charge in [0.15, 0.2) is 10.8 Å². The highest BCUT2D eigenvalue weighted by atomic mass is 35.5. The number of piperazine rings is 1. The van der Waals surface area contributed by atoms with E-state index in [9.17, 15) is 19.1 Å². The molecule has 2 fully saturated rings. The molecule has 0 saturated carbocycles. The highest BCUT2D eigenvalue weighted by Crippen LogP contribution is 2.37. The Labute approximate surface area is 204 Å². The second kappa shape index (κ2) is 9.44. The molecule has 1 unspecified atom stereocenters. The maximum Gasteiger partial charge on any atom is 0.335 e. The molecule has 3 aliphatic rings. The summed E-state index contributed by atoms with van der Waals surface area (Å²) in [6, 6.07) is 3.46. The van der Waals surface area contributed by atoms with Crippen LogP contribution in [0.5, 0.6) is 0 Å². The minimum absolute atomic E-state index is 0.0231. The van der Waals surface area contributed by atoms with Gasteiger partial charge in [-0.3, -0.25) is 14.7 Å². The summed E-state index contributed by atoms with van der Waals surface area (Å²) in [6.07, 6.45) is 4.05. The molecule has 178 valence electrons. The van der Waals surface area contributed by atoms with Crippen molar-refractivity contribution in [3.8, 4) is 0 Å². The smallest absolute Gasteiger partial charge is 0.335 e. The standard InChI is InChI=1S/C23H23ClFN5O3S/c24-19-14(4-2-5-15(19)25)20-18(23(32)33)16(27-21(28-20)22-26-7-10-34-22)12-29-8-9-30-13(11-29)3-1-6-17(30)31/h2,4-5,7,10,13,20H,1,3,6,8-9,11-12H2,(H,27,28)(H,32,33)/t13?,20-/m0/s1. The number of piperidine rings is 1. The number of carboxylic acids is 1. The number of rotatable bonds is 5. The highest BCUT2D eigenvalue weighted by molar-refractivity contribution is 7.11. The first-order chi connectivity index (χ1) is 16.4. The third kappa shape index (κ3) is 4.33. The van der Waals surface area contributed by atoms with Crippen molar-refractivity contribution < 1.29 is 19.1 Å². The number of benzene rings is 1. The van der Waals surface area contributed by atoms with Gasteiger partial charge in [0.2, 0.25) is 5.91 Å². The predicted molar refractivity (Wildman–Crippen MR) is 126 cm³/mol. The summed E-state index contributed by atoms with van der Waals surface area (Å²) in [4.78, 5) is 37.7. The van der Waals surface area contributed by atoms with Gasteiger partial charge in [0, 0.05) is 61.5 Å². The van der Waals surface area contributed by atoms with Crippen LogP contribution in [0.1, 0.15) is 35.9 Å². The molecule has 2 N–H and O–H groups in total. The lowest BCUT2D eigenvalue weighted by molar-refractivity contribution is -0.139. The number of aliphatic carboxylic acids is 1. The van der Waals surface area contributed by atoms with Crippen LogP contribution in [-0.4, -0.2) is 69.8 Å². The minimum atomic E-state index is -1.15. The number of carbonyl (C=O) groups excluding carboxylic acids is 1. The van der Waals surface area contributed by atoms with Crippen LogP contribution in [0.4, 0.5) is 4.39 Å². The summed E-state index contributed by atoms with van der Waals surface area (Å²) in [7, 11) is 0. The van der Waals surface area contributed by atoms with Gasteiger partial charge in [-0.25, -0.2) is 14.2 Å². The van der Waals surface area contributed by atoms with Crippen LogP contribution in [-0.2, 0) is 9.59 Å². The molecular formula is C23H23ClFN5O3S. The van der Waals surface area contributed by atoms with E-state index in [0.717, 1.165) is 12.8 Å². The number of fused-ring (bicyclic) bond motifs is 1. The Hall–Kier alpha value is -2.82. The van der Waals surface area contributed by atoms with Gasteiger partial charge in [-0.1, -0.05) is 23.7 Å². The lowest BCUT2D eigenvalue weighted by Gasteiger charge is -2.44. The van der Waals surface area contributed by atoms with Crippen LogP contribution in [0.15, 0.2) is 46.0 Å². The zero-order valence-corrected chi connectivity index (χ0v) is 19.8. The van der Waals surface area contributed by atoms with E-state index in [-0.39, 0.29) is 28.1 Å². The highest BCUT2D eigenvalue weighted by Gasteiger charge is 2.37. The van der Waals surface area contributed by atoms with E-state index in [2.05, 4.69) is 20.2 Å². The average molecular weight is 504 g/mol. The monoisotopic (exact) mass is 503 g/mol. The molecule has 1 aromatic heterocycles. The van der Waals surface area contributed by atoms with Crippen molar-refractivity contribution >= 4 is 40.6 Å². The molecule has 34 heavy (non-hydrogen) atoms. The number of aliphatic imine (C=N–C) groups is 1. The molecule has 0 radical (unpaired) electrons. The number of thiazole rings is 1. The molecule has 3 aliphatic heterocycles. The Kier molecular flexibility index (Phi) is 6.37. The molecule has 1 amide bonds. The summed E-state index contributed by atoms with van der Waals surface area (Å²) in [5, 5.41) is 15.6. The lowest BCUT2D eigenvalue weighted by atomic mass is 9.94. The number of aromatic nitrogens is 1. The Morgan fingerprint density at radius 1 is 1.35 bits per heavy atom. The number of amidine groups is 1. The second-order valence-corrected chi connectivity index (χ2v) is 9.82. The van der Waals surface area contributed by atoms with Crippen molar-refractivity contribution in [2.75, 3.05) is 26.2 Å². The van der Waals surface area contributed by atoms with E-state index in [1.165, 1.54) is 23.5 Å². The third-order valence-corrected chi connectivity index (χ3v) is 7.64. The van der Waals surface area contributed by atoms with Crippen LogP contribution in [0.25, 0.3) is 0 Å². The van der Waals surface area contributed by atoms with Gasteiger partial charge < -0.3 is 15.3 Å². The molecule has 0 bridgehead atoms. The Balaban J connectivity index is 1.51. The van der Waals surface area contributed by atoms with Crippen molar-refractivity contribution in [3.05, 3.63) is 62.5 Å². The minimum Gasteiger partial charge on any atom is -0.478 e. The Morgan fingerprint density at radius 2 is 2.21 bits per heavy atom. The van der Waals surface area contributed by atoms with Crippen LogP contribution in [0, 0.1) is 5.82 Å². The van der Waals surface area contributed by atoms with Crippen LogP contribution in [0.3, 0.4) is 0 Å². The number of halogens is 2. The van der Waals surface area contributed by atoms with Crippen molar-refractivity contribution in [2.45, 2.75) is 31.3 Å². The summed E-state index contributed by atoms with van der Waals surface area (Å²) in [6.45, 7) is 2.24. The summed E-state index contributed by atoms with van der Waals surface area (Å²) < 4.78 is 14.3. The fourth-order valence-electron chi connectivity index (χ4n) is 4.87. The van der Waals surface area contributed by atoms with Crippen LogP contribution >= 0.6 is 22.9 Å². The molecule has 8 nitrogen and oxygen atoms in total. The molecule has 4 heterocycles. The first kappa shape index (κ1) is 22.9. The quantitative estimate of drug-likeness (QED) is 0.650. The molecule has 2 aromatic rings. The second-order valence-electron chi connectivity index (χ2n) is 8.55. The van der Waals surface area contributed by atoms with Crippen molar-refractivity contribution in [1.82, 2.24) is 20.1 Å². The van der Waals surface area contributed by atoms with Crippen molar-refractivity contribution in [2.24, 2.45) is 4.99 Å². The van der Waals surface area contributed by atoms with Gasteiger partial charge in [0.25, 0.3) is 0 Å². The van der Waals surface area contributed by atoms with E-state index < -0.39 is 17.8 Å². The number of hydrogen-bond donors (Lipinski definition) is 2. The molecule has 2 saturated heterocycles. The SMILES string of the molecule is O=C(O)C1=C(CN2CCN3C(=O)CCCC3C2)NC(c2nccs2)=N[C@H]1c1cccc(F)c1Cl. The molecule has 11 heteroatoms. The zero-order valence-electron chi connectivity index (χ0n) is 18.2. The Bertz CT molecular complexity index is 1190. The van der Waals surface area contributed by atoms with E-state index in [0.29, 0.717) is 49.1 Å². The number of carbonyl (C=O) groups is 2. The van der Waals surface area contributed by atoms with Gasteiger partial charge in [-0.2, -0.15) is 0 Å². The predicted octanol–water partition coefficient (Wildman–Crippen LogP) is 3.06. The first-order valence-corrected chi connectivity index (χ1v) is 12.3. The third-order valence-electron chi connectivity index (χ3n) is 6.46. The maximum atomic E-state index is 14.3. The maximum absolute atomic E-state index is 14.3. The first-order valence-electron chi connectivity index (χ1n) is 11.1. The normalized spacial score (nSPS) is 23.4. The van der Waals surface area contributed by atoms with Crippen molar-refractivity contribution in [3.63, 3.8) is 0 Å². The van der Waals surface area contributed by atoms with Gasteiger partial charge >= 0.3 is 5.97 Å². The fraction of sp³-hybridized carbons (Fsp3) is 0.391. The molecule has 2 atom stereocenters. The average Bonchev–Trinajstić information content (AvgIpc) is 3.35.